The Kier molecular flexibility index (Phi) is 4.02. The monoisotopic (exact) mass is 373 g/mol. The van der Waals surface area contributed by atoms with Gasteiger partial charge in [0.25, 0.3) is 0 Å². The fraction of sp³-hybridized carbons (Fsp3) is 0.318. The standard InChI is InChI=1S/C22H23N5O/c1-22-5-4-16(26-22)8-15(11-22)9-17-12-25-20(13-24-17)19-3-2-18(10-21(19)28)27-7-6-23-14-27/h2-3,6-7,9-10,12-14,16,26,28H,4-5,8,11H2,1H3/b15-9+/t16?,22-/m0/s1. The fourth-order valence-electron chi connectivity index (χ4n) is 4.49. The molecule has 28 heavy (non-hydrogen) atoms. The second-order valence-electron chi connectivity index (χ2n) is 8.12. The van der Waals surface area contributed by atoms with Crippen molar-refractivity contribution in [3.63, 3.8) is 0 Å². The summed E-state index contributed by atoms with van der Waals surface area (Å²) in [6, 6.07) is 6.10. The average Bonchev–Trinajstić information content (AvgIpc) is 3.30. The predicted molar refractivity (Wildman–Crippen MR) is 108 cm³/mol. The molecule has 2 bridgehead atoms. The van der Waals surface area contributed by atoms with Crippen LogP contribution in [0.4, 0.5) is 0 Å². The maximum absolute atomic E-state index is 10.4. The van der Waals surface area contributed by atoms with E-state index in [-0.39, 0.29) is 11.3 Å². The third kappa shape index (κ3) is 3.20. The second-order valence-corrected chi connectivity index (χ2v) is 8.12. The minimum absolute atomic E-state index is 0.175. The van der Waals surface area contributed by atoms with Crippen LogP contribution in [0.3, 0.4) is 0 Å². The van der Waals surface area contributed by atoms with Gasteiger partial charge in [0.15, 0.2) is 0 Å². The van der Waals surface area contributed by atoms with E-state index in [1.165, 1.54) is 18.4 Å². The highest BCUT2D eigenvalue weighted by Gasteiger charge is 2.39. The van der Waals surface area contributed by atoms with Crippen LogP contribution in [0, 0.1) is 0 Å². The zero-order valence-electron chi connectivity index (χ0n) is 15.8. The van der Waals surface area contributed by atoms with Gasteiger partial charge >= 0.3 is 0 Å². The summed E-state index contributed by atoms with van der Waals surface area (Å²) in [7, 11) is 0. The van der Waals surface area contributed by atoms with Crippen molar-refractivity contribution in [1.82, 2.24) is 24.8 Å². The van der Waals surface area contributed by atoms with E-state index in [2.05, 4.69) is 33.3 Å². The van der Waals surface area contributed by atoms with E-state index in [1.54, 1.807) is 31.0 Å². The van der Waals surface area contributed by atoms with E-state index >= 15 is 0 Å². The highest BCUT2D eigenvalue weighted by Crippen LogP contribution is 2.38. The predicted octanol–water partition coefficient (Wildman–Crippen LogP) is 3.72. The van der Waals surface area contributed by atoms with Crippen molar-refractivity contribution in [3.8, 4) is 22.7 Å². The topological polar surface area (TPSA) is 75.9 Å². The first-order valence-corrected chi connectivity index (χ1v) is 9.69. The van der Waals surface area contributed by atoms with E-state index in [1.807, 2.05) is 22.9 Å². The van der Waals surface area contributed by atoms with E-state index in [4.69, 9.17) is 0 Å². The Morgan fingerprint density at radius 2 is 2.21 bits per heavy atom. The van der Waals surface area contributed by atoms with Gasteiger partial charge in [-0.1, -0.05) is 5.57 Å². The number of aromatic nitrogens is 4. The largest absolute Gasteiger partial charge is 0.507 e. The third-order valence-corrected chi connectivity index (χ3v) is 5.81. The zero-order valence-corrected chi connectivity index (χ0v) is 15.8. The molecule has 2 fully saturated rings. The molecule has 2 atom stereocenters. The Morgan fingerprint density at radius 1 is 1.29 bits per heavy atom. The fourth-order valence-corrected chi connectivity index (χ4v) is 4.49. The van der Waals surface area contributed by atoms with Crippen LogP contribution < -0.4 is 5.32 Å². The first kappa shape index (κ1) is 17.1. The summed E-state index contributed by atoms with van der Waals surface area (Å²) in [6.07, 6.45) is 15.6. The molecule has 2 aromatic heterocycles. The molecule has 142 valence electrons. The molecule has 5 rings (SSSR count). The van der Waals surface area contributed by atoms with Crippen molar-refractivity contribution in [2.24, 2.45) is 0 Å². The van der Waals surface area contributed by atoms with Gasteiger partial charge in [0.2, 0.25) is 0 Å². The van der Waals surface area contributed by atoms with Crippen LogP contribution in [0.5, 0.6) is 5.75 Å². The number of nitrogens with one attached hydrogen (secondary N) is 1. The third-order valence-electron chi connectivity index (χ3n) is 5.81. The number of phenols is 1. The summed E-state index contributed by atoms with van der Waals surface area (Å²) in [5, 5.41) is 14.2. The molecule has 1 aromatic carbocycles. The van der Waals surface area contributed by atoms with Crippen LogP contribution in [0.25, 0.3) is 23.0 Å². The first-order valence-electron chi connectivity index (χ1n) is 9.69. The van der Waals surface area contributed by atoms with Gasteiger partial charge in [-0.15, -0.1) is 0 Å². The molecule has 0 aliphatic carbocycles. The Hall–Kier alpha value is -2.99. The number of rotatable bonds is 3. The van der Waals surface area contributed by atoms with Crippen LogP contribution in [-0.4, -0.2) is 36.2 Å². The summed E-state index contributed by atoms with van der Waals surface area (Å²) >= 11 is 0. The summed E-state index contributed by atoms with van der Waals surface area (Å²) in [5.74, 6) is 0.175. The molecule has 6 heteroatoms. The molecule has 6 nitrogen and oxygen atoms in total. The lowest BCUT2D eigenvalue weighted by Crippen LogP contribution is -2.44. The Morgan fingerprint density at radius 3 is 2.93 bits per heavy atom. The average molecular weight is 373 g/mol. The van der Waals surface area contributed by atoms with Crippen LogP contribution in [0.2, 0.25) is 0 Å². The number of nitrogens with zero attached hydrogens (tertiary/aromatic N) is 4. The molecular weight excluding hydrogens is 350 g/mol. The Bertz CT molecular complexity index is 1030. The van der Waals surface area contributed by atoms with Gasteiger partial charge in [-0.2, -0.15) is 0 Å². The van der Waals surface area contributed by atoms with Gasteiger partial charge in [0.1, 0.15) is 5.75 Å². The van der Waals surface area contributed by atoms with E-state index in [9.17, 15) is 5.11 Å². The smallest absolute Gasteiger partial charge is 0.127 e. The van der Waals surface area contributed by atoms with Crippen LogP contribution in [0.1, 0.15) is 38.3 Å². The quantitative estimate of drug-likeness (QED) is 0.732. The van der Waals surface area contributed by atoms with Crippen LogP contribution in [0.15, 0.2) is 54.9 Å². The number of phenolic OH excluding ortho intramolecular Hbond substituents is 1. The number of benzene rings is 1. The van der Waals surface area contributed by atoms with Gasteiger partial charge in [0.05, 0.1) is 35.8 Å². The van der Waals surface area contributed by atoms with Gasteiger partial charge < -0.3 is 15.0 Å². The molecule has 0 radical (unpaired) electrons. The highest BCUT2D eigenvalue weighted by atomic mass is 16.3. The maximum Gasteiger partial charge on any atom is 0.127 e. The number of imidazole rings is 1. The van der Waals surface area contributed by atoms with Crippen molar-refractivity contribution < 1.29 is 5.11 Å². The van der Waals surface area contributed by atoms with Crippen molar-refractivity contribution in [3.05, 3.63) is 60.6 Å². The minimum Gasteiger partial charge on any atom is -0.507 e. The van der Waals surface area contributed by atoms with Crippen LogP contribution in [-0.2, 0) is 0 Å². The number of piperidine rings is 1. The summed E-state index contributed by atoms with van der Waals surface area (Å²) in [4.78, 5) is 13.1. The van der Waals surface area contributed by atoms with Crippen molar-refractivity contribution in [2.45, 2.75) is 44.2 Å². The van der Waals surface area contributed by atoms with E-state index in [0.717, 1.165) is 24.2 Å². The van der Waals surface area contributed by atoms with Gasteiger partial charge in [0, 0.05) is 35.6 Å². The molecular formula is C22H23N5O. The number of hydrogen-bond acceptors (Lipinski definition) is 5. The van der Waals surface area contributed by atoms with Crippen molar-refractivity contribution in [2.75, 3.05) is 0 Å². The maximum atomic E-state index is 10.4. The molecule has 0 spiro atoms. The summed E-state index contributed by atoms with van der Waals surface area (Å²) in [6.45, 7) is 2.31. The minimum atomic E-state index is 0.175. The molecule has 1 unspecified atom stereocenters. The summed E-state index contributed by atoms with van der Waals surface area (Å²) < 4.78 is 1.84. The molecule has 2 aliphatic rings. The molecule has 2 N–H and O–H groups in total. The lowest BCUT2D eigenvalue weighted by molar-refractivity contribution is 0.351. The molecule has 0 amide bonds. The molecule has 4 heterocycles. The molecule has 0 saturated carbocycles. The normalized spacial score (nSPS) is 25.3. The SMILES string of the molecule is C[C@]12CCC(C/C(=C\c3cnc(-c4ccc(-n5ccnc5)cc4O)cn3)C1)N2. The van der Waals surface area contributed by atoms with Crippen LogP contribution >= 0.6 is 0 Å². The van der Waals surface area contributed by atoms with Crippen molar-refractivity contribution >= 4 is 6.08 Å². The molecule has 2 saturated heterocycles. The Balaban J connectivity index is 1.38. The number of hydrogen-bond donors (Lipinski definition) is 2. The molecule has 2 aliphatic heterocycles. The lowest BCUT2D eigenvalue weighted by Gasteiger charge is -2.32. The number of fused-ring (bicyclic) bond motifs is 2. The van der Waals surface area contributed by atoms with E-state index in [0.29, 0.717) is 17.3 Å². The van der Waals surface area contributed by atoms with Gasteiger partial charge in [-0.3, -0.25) is 9.97 Å². The van der Waals surface area contributed by atoms with Crippen molar-refractivity contribution in [1.29, 1.82) is 0 Å². The molecule has 3 aromatic rings. The first-order chi connectivity index (χ1) is 13.6. The van der Waals surface area contributed by atoms with Gasteiger partial charge in [-0.25, -0.2) is 4.98 Å². The lowest BCUT2D eigenvalue weighted by atomic mass is 9.88. The Labute approximate surface area is 164 Å². The second kappa shape index (κ2) is 6.56. The number of aromatic hydroxyl groups is 1. The zero-order chi connectivity index (χ0) is 19.1. The van der Waals surface area contributed by atoms with Gasteiger partial charge in [-0.05, 0) is 50.8 Å². The summed E-state index contributed by atoms with van der Waals surface area (Å²) in [5.41, 5.74) is 4.74. The van der Waals surface area contributed by atoms with E-state index < -0.39 is 0 Å². The highest BCUT2D eigenvalue weighted by molar-refractivity contribution is 5.68.